The topological polar surface area (TPSA) is 216 Å². The first kappa shape index (κ1) is 40.8. The summed E-state index contributed by atoms with van der Waals surface area (Å²) in [5.41, 5.74) is 5.18. The van der Waals surface area contributed by atoms with E-state index in [0.29, 0.717) is 11.6 Å². The Labute approximate surface area is 315 Å². The summed E-state index contributed by atoms with van der Waals surface area (Å²) in [7, 11) is 2.45. The number of amides is 2. The number of carbonyl (C=O) groups is 4. The van der Waals surface area contributed by atoms with Crippen LogP contribution < -0.4 is 10.6 Å². The third-order valence-electron chi connectivity index (χ3n) is 9.56. The molecule has 6 N–H and O–H groups in total. The maximum absolute atomic E-state index is 13.7. The van der Waals surface area contributed by atoms with Gasteiger partial charge in [-0.3, -0.25) is 9.59 Å². The number of nitrogens with zero attached hydrogens (tertiary/aromatic N) is 2. The van der Waals surface area contributed by atoms with E-state index in [1.165, 1.54) is 14.2 Å². The number of rotatable bonds is 17. The van der Waals surface area contributed by atoms with Gasteiger partial charge in [0.1, 0.15) is 11.6 Å². The van der Waals surface area contributed by atoms with Crippen LogP contribution in [0.15, 0.2) is 60.9 Å². The summed E-state index contributed by atoms with van der Waals surface area (Å²) in [6, 6.07) is 14.0. The molecule has 0 saturated heterocycles. The van der Waals surface area contributed by atoms with Crippen molar-refractivity contribution in [1.29, 1.82) is 10.8 Å². The van der Waals surface area contributed by atoms with E-state index in [9.17, 15) is 19.2 Å². The fraction of sp³-hybridized carbons (Fsp3) is 0.400. The molecule has 0 fully saturated rings. The summed E-state index contributed by atoms with van der Waals surface area (Å²) >= 11 is 0. The van der Waals surface area contributed by atoms with E-state index < -0.39 is 47.9 Å². The lowest BCUT2D eigenvalue weighted by atomic mass is 9.83. The predicted molar refractivity (Wildman–Crippen MR) is 207 cm³/mol. The molecule has 0 bridgehead atoms. The van der Waals surface area contributed by atoms with E-state index >= 15 is 0 Å². The minimum Gasteiger partial charge on any atom is -0.453 e. The lowest BCUT2D eigenvalue weighted by Crippen LogP contribution is -2.48. The highest BCUT2D eigenvalue weighted by Gasteiger charge is 2.37. The Morgan fingerprint density at radius 2 is 0.907 bits per heavy atom. The molecule has 4 aromatic rings. The van der Waals surface area contributed by atoms with E-state index in [-0.39, 0.29) is 23.4 Å². The summed E-state index contributed by atoms with van der Waals surface area (Å²) in [4.78, 5) is 67.1. The van der Waals surface area contributed by atoms with Gasteiger partial charge in [0.25, 0.3) is 0 Å². The molecule has 0 aliphatic carbocycles. The van der Waals surface area contributed by atoms with Crippen LogP contribution in [0.4, 0.5) is 9.59 Å². The number of aromatic nitrogens is 4. The van der Waals surface area contributed by atoms with E-state index in [4.69, 9.17) is 20.3 Å². The molecule has 54 heavy (non-hydrogen) atoms. The van der Waals surface area contributed by atoms with Crippen molar-refractivity contribution in [2.75, 3.05) is 14.2 Å². The predicted octanol–water partition coefficient (Wildman–Crippen LogP) is 6.77. The van der Waals surface area contributed by atoms with Gasteiger partial charge in [0.05, 0.1) is 61.9 Å². The number of ether oxygens (including phenoxy) is 2. The second-order valence-corrected chi connectivity index (χ2v) is 14.0. The number of benzene rings is 2. The van der Waals surface area contributed by atoms with Crippen molar-refractivity contribution in [3.63, 3.8) is 0 Å². The summed E-state index contributed by atoms with van der Waals surface area (Å²) in [5, 5.41) is 20.6. The van der Waals surface area contributed by atoms with Gasteiger partial charge in [-0.25, -0.2) is 19.6 Å². The SMILES string of the molecule is COC(=O)N[C@@H](C(=O)[C@@H](c1ncc(-c2ccc(-c3ccc(-c4cnc([C@H](C(=O)[C@H](NC(=O)OC)C(C)C=N)C(C)C)[nH]4)cc3)cc2)[nH]1)C(C)C)C(C)C=N. The molecule has 2 amide bonds. The number of alkyl carbamates (subject to hydrolysis) is 2. The molecule has 14 heteroatoms. The molecule has 4 rings (SSSR count). The van der Waals surface area contributed by atoms with Crippen molar-refractivity contribution in [1.82, 2.24) is 30.6 Å². The Kier molecular flexibility index (Phi) is 13.8. The van der Waals surface area contributed by atoms with Crippen LogP contribution in [-0.2, 0) is 19.1 Å². The van der Waals surface area contributed by atoms with Crippen LogP contribution in [0.25, 0.3) is 33.6 Å². The van der Waals surface area contributed by atoms with Gasteiger partial charge in [-0.15, -0.1) is 0 Å². The molecular weight excluding hydrogens is 688 g/mol. The lowest BCUT2D eigenvalue weighted by molar-refractivity contribution is -0.124. The zero-order chi connectivity index (χ0) is 39.7. The van der Waals surface area contributed by atoms with Gasteiger partial charge in [-0.2, -0.15) is 0 Å². The summed E-state index contributed by atoms with van der Waals surface area (Å²) in [6.45, 7) is 11.0. The molecule has 2 aromatic carbocycles. The number of Topliss-reactive ketones (excluding diaryl/α,β-unsaturated/α-hetero) is 2. The summed E-state index contributed by atoms with van der Waals surface area (Å²) in [6.07, 6.45) is 4.15. The van der Waals surface area contributed by atoms with Gasteiger partial charge in [-0.05, 0) is 34.1 Å². The van der Waals surface area contributed by atoms with Gasteiger partial charge >= 0.3 is 12.2 Å². The number of carbonyl (C=O) groups excluding carboxylic acids is 4. The van der Waals surface area contributed by atoms with Crippen molar-refractivity contribution < 1.29 is 28.7 Å². The zero-order valence-electron chi connectivity index (χ0n) is 31.9. The monoisotopic (exact) mass is 738 g/mol. The van der Waals surface area contributed by atoms with E-state index in [1.54, 1.807) is 26.2 Å². The third kappa shape index (κ3) is 9.35. The van der Waals surface area contributed by atoms with E-state index in [0.717, 1.165) is 46.1 Å². The van der Waals surface area contributed by atoms with E-state index in [2.05, 4.69) is 30.6 Å². The molecule has 0 radical (unpaired) electrons. The van der Waals surface area contributed by atoms with Crippen LogP contribution >= 0.6 is 0 Å². The van der Waals surface area contributed by atoms with Crippen LogP contribution in [0.5, 0.6) is 0 Å². The van der Waals surface area contributed by atoms with Crippen molar-refractivity contribution in [3.8, 4) is 33.6 Å². The van der Waals surface area contributed by atoms with Gasteiger partial charge < -0.3 is 40.9 Å². The zero-order valence-corrected chi connectivity index (χ0v) is 31.9. The van der Waals surface area contributed by atoms with Crippen molar-refractivity contribution in [2.24, 2.45) is 23.7 Å². The second kappa shape index (κ2) is 18.2. The fourth-order valence-corrected chi connectivity index (χ4v) is 6.40. The van der Waals surface area contributed by atoms with Gasteiger partial charge in [0.15, 0.2) is 11.6 Å². The average molecular weight is 739 g/mol. The number of ketones is 2. The molecular formula is C40H50N8O6. The molecule has 2 unspecified atom stereocenters. The molecule has 14 nitrogen and oxygen atoms in total. The number of aromatic amines is 2. The highest BCUT2D eigenvalue weighted by molar-refractivity contribution is 5.95. The Morgan fingerprint density at radius 3 is 1.19 bits per heavy atom. The van der Waals surface area contributed by atoms with Crippen molar-refractivity contribution in [3.05, 3.63) is 72.6 Å². The second-order valence-electron chi connectivity index (χ2n) is 14.0. The summed E-state index contributed by atoms with van der Waals surface area (Å²) in [5.74, 6) is -2.25. The quantitative estimate of drug-likeness (QED) is 0.0634. The standard InChI is InChI=1S/C40H50N8O6/c1-21(2)31(35(49)33(23(5)17-41)47-39(51)53-7)37-43-19-29(45-37)27-13-9-25(10-14-27)26-11-15-28(16-12-26)30-20-44-38(46-30)32(22(3)4)36(50)34(24(6)18-42)48-40(52)54-8/h9-24,31-34,41-42H,1-8H3,(H,43,45)(H,44,46)(H,47,51)(H,48,52)/t23?,24?,31-,32-,33+,34+/m0/s1. The third-order valence-corrected chi connectivity index (χ3v) is 9.56. The van der Waals surface area contributed by atoms with Crippen LogP contribution in [0.2, 0.25) is 0 Å². The van der Waals surface area contributed by atoms with Gasteiger partial charge in [0.2, 0.25) is 0 Å². The first-order valence-corrected chi connectivity index (χ1v) is 17.8. The largest absolute Gasteiger partial charge is 0.453 e. The number of imidazole rings is 2. The maximum Gasteiger partial charge on any atom is 0.407 e. The lowest BCUT2D eigenvalue weighted by Gasteiger charge is -2.26. The normalized spacial score (nSPS) is 14.6. The molecule has 0 saturated carbocycles. The average Bonchev–Trinajstić information content (AvgIpc) is 3.86. The molecule has 286 valence electrons. The van der Waals surface area contributed by atoms with Crippen LogP contribution in [0, 0.1) is 34.5 Å². The van der Waals surface area contributed by atoms with Crippen molar-refractivity contribution in [2.45, 2.75) is 65.5 Å². The smallest absolute Gasteiger partial charge is 0.407 e. The minimum absolute atomic E-state index is 0.140. The van der Waals surface area contributed by atoms with Crippen molar-refractivity contribution >= 4 is 36.2 Å². The Bertz CT molecular complexity index is 1790. The molecule has 2 aromatic heterocycles. The maximum atomic E-state index is 13.7. The molecule has 2 heterocycles. The van der Waals surface area contributed by atoms with Crippen LogP contribution in [-0.4, -0.2) is 82.4 Å². The minimum atomic E-state index is -0.949. The van der Waals surface area contributed by atoms with Crippen LogP contribution in [0.1, 0.15) is 65.0 Å². The van der Waals surface area contributed by atoms with Gasteiger partial charge in [-0.1, -0.05) is 90.1 Å². The fourth-order valence-electron chi connectivity index (χ4n) is 6.40. The molecule has 0 aliphatic rings. The Hall–Kier alpha value is -5.92. The Morgan fingerprint density at radius 1 is 0.593 bits per heavy atom. The number of methoxy groups -OCH3 is 2. The number of hydrogen-bond donors (Lipinski definition) is 6. The summed E-state index contributed by atoms with van der Waals surface area (Å²) < 4.78 is 9.44. The molecule has 6 atom stereocenters. The van der Waals surface area contributed by atoms with E-state index in [1.807, 2.05) is 76.2 Å². The highest BCUT2D eigenvalue weighted by Crippen LogP contribution is 2.32. The highest BCUT2D eigenvalue weighted by atomic mass is 16.5. The molecule has 0 spiro atoms. The van der Waals surface area contributed by atoms with Gasteiger partial charge in [0, 0.05) is 24.3 Å². The number of H-pyrrole nitrogens is 2. The van der Waals surface area contributed by atoms with Crippen LogP contribution in [0.3, 0.4) is 0 Å². The number of hydrogen-bond acceptors (Lipinski definition) is 10. The first-order chi connectivity index (χ1) is 25.7. The first-order valence-electron chi connectivity index (χ1n) is 17.8. The molecule has 0 aliphatic heterocycles. The Balaban J connectivity index is 1.51. The number of nitrogens with one attached hydrogen (secondary N) is 6.